The predicted molar refractivity (Wildman–Crippen MR) is 81.1 cm³/mol. The third-order valence-corrected chi connectivity index (χ3v) is 2.97. The van der Waals surface area contributed by atoms with Crippen molar-refractivity contribution in [2.24, 2.45) is 0 Å². The van der Waals surface area contributed by atoms with Crippen LogP contribution in [0.1, 0.15) is 13.8 Å². The summed E-state index contributed by atoms with van der Waals surface area (Å²) in [5.41, 5.74) is 8.22. The third-order valence-electron chi connectivity index (χ3n) is 2.97. The Balaban J connectivity index is 2.41. The molecule has 2 N–H and O–H groups in total. The highest BCUT2D eigenvalue weighted by Crippen LogP contribution is 2.31. The van der Waals surface area contributed by atoms with Gasteiger partial charge in [0.05, 0.1) is 6.61 Å². The van der Waals surface area contributed by atoms with Crippen LogP contribution < -0.4 is 15.4 Å². The minimum Gasteiger partial charge on any atom is -0.494 e. The van der Waals surface area contributed by atoms with E-state index in [0.717, 1.165) is 17.1 Å². The van der Waals surface area contributed by atoms with Gasteiger partial charge >= 0.3 is 0 Å². The maximum atomic E-state index is 13.4. The van der Waals surface area contributed by atoms with Gasteiger partial charge in [-0.3, -0.25) is 0 Å². The van der Waals surface area contributed by atoms with Crippen LogP contribution in [0.25, 0.3) is 0 Å². The van der Waals surface area contributed by atoms with Crippen LogP contribution >= 0.6 is 0 Å². The fraction of sp³-hybridized carbons (Fsp3) is 0.250. The minimum absolute atomic E-state index is 0.255. The Bertz CT molecular complexity index is 586. The van der Waals surface area contributed by atoms with Crippen molar-refractivity contribution < 1.29 is 9.13 Å². The smallest absolute Gasteiger partial charge is 0.125 e. The molecule has 0 radical (unpaired) electrons. The van der Waals surface area contributed by atoms with Crippen LogP contribution in [0.4, 0.5) is 21.5 Å². The molecule has 0 aromatic heterocycles. The molecule has 0 fully saturated rings. The summed E-state index contributed by atoms with van der Waals surface area (Å²) in [6, 6.07) is 12.1. The van der Waals surface area contributed by atoms with Crippen LogP contribution in [-0.2, 0) is 0 Å². The van der Waals surface area contributed by atoms with E-state index in [9.17, 15) is 4.39 Å². The first kappa shape index (κ1) is 14.2. The molecule has 0 atom stereocenters. The van der Waals surface area contributed by atoms with Gasteiger partial charge in [0.15, 0.2) is 0 Å². The van der Waals surface area contributed by atoms with E-state index in [-0.39, 0.29) is 5.82 Å². The van der Waals surface area contributed by atoms with Crippen LogP contribution in [0.15, 0.2) is 42.5 Å². The number of nitrogens with zero attached hydrogens (tertiary/aromatic N) is 1. The summed E-state index contributed by atoms with van der Waals surface area (Å²) in [6.45, 7) is 5.22. The number of nitrogen functional groups attached to an aromatic ring is 1. The van der Waals surface area contributed by atoms with Crippen molar-refractivity contribution in [1.29, 1.82) is 0 Å². The zero-order valence-electron chi connectivity index (χ0n) is 11.8. The fourth-order valence-corrected chi connectivity index (χ4v) is 2.17. The first-order valence-electron chi connectivity index (χ1n) is 6.70. The molecule has 3 nitrogen and oxygen atoms in total. The van der Waals surface area contributed by atoms with Crippen molar-refractivity contribution in [2.75, 3.05) is 23.8 Å². The Hall–Kier alpha value is -2.23. The minimum atomic E-state index is -0.255. The fourth-order valence-electron chi connectivity index (χ4n) is 2.17. The molecule has 0 amide bonds. The molecule has 0 aliphatic carbocycles. The molecule has 4 heteroatoms. The number of rotatable bonds is 5. The lowest BCUT2D eigenvalue weighted by atomic mass is 10.2. The van der Waals surface area contributed by atoms with Gasteiger partial charge in [-0.1, -0.05) is 6.07 Å². The molecule has 0 saturated carbocycles. The average molecular weight is 274 g/mol. The van der Waals surface area contributed by atoms with Gasteiger partial charge in [0, 0.05) is 35.7 Å². The first-order valence-corrected chi connectivity index (χ1v) is 6.70. The Labute approximate surface area is 118 Å². The van der Waals surface area contributed by atoms with Crippen molar-refractivity contribution in [3.05, 3.63) is 48.3 Å². The molecule has 2 aromatic carbocycles. The Morgan fingerprint density at radius 3 is 2.55 bits per heavy atom. The summed E-state index contributed by atoms with van der Waals surface area (Å²) in [4.78, 5) is 1.99. The SMILES string of the molecule is CCOc1cc(N)cc(N(CC)c2cccc(F)c2)c1. The highest BCUT2D eigenvalue weighted by atomic mass is 19.1. The lowest BCUT2D eigenvalue weighted by Gasteiger charge is -2.24. The molecule has 20 heavy (non-hydrogen) atoms. The highest BCUT2D eigenvalue weighted by molar-refractivity contribution is 5.68. The number of nitrogens with two attached hydrogens (primary N) is 1. The Kier molecular flexibility index (Phi) is 4.45. The van der Waals surface area contributed by atoms with Gasteiger partial charge in [0.1, 0.15) is 11.6 Å². The van der Waals surface area contributed by atoms with Gasteiger partial charge in [-0.25, -0.2) is 4.39 Å². The normalized spacial score (nSPS) is 10.3. The Morgan fingerprint density at radius 2 is 1.90 bits per heavy atom. The van der Waals surface area contributed by atoms with Gasteiger partial charge in [0.2, 0.25) is 0 Å². The summed E-state index contributed by atoms with van der Waals surface area (Å²) in [5.74, 6) is 0.465. The van der Waals surface area contributed by atoms with Crippen molar-refractivity contribution >= 4 is 17.1 Å². The predicted octanol–water partition coefficient (Wildman–Crippen LogP) is 3.96. The van der Waals surface area contributed by atoms with Gasteiger partial charge in [0.25, 0.3) is 0 Å². The van der Waals surface area contributed by atoms with Gasteiger partial charge in [-0.05, 0) is 38.1 Å². The van der Waals surface area contributed by atoms with Crippen molar-refractivity contribution in [1.82, 2.24) is 0 Å². The number of halogens is 1. The molecule has 0 saturated heterocycles. The summed E-state index contributed by atoms with van der Waals surface area (Å²) in [7, 11) is 0. The number of benzene rings is 2. The molecule has 0 unspecified atom stereocenters. The van der Waals surface area contributed by atoms with E-state index < -0.39 is 0 Å². The van der Waals surface area contributed by atoms with E-state index in [0.29, 0.717) is 18.8 Å². The van der Waals surface area contributed by atoms with Crippen LogP contribution in [0, 0.1) is 5.82 Å². The lowest BCUT2D eigenvalue weighted by molar-refractivity contribution is 0.340. The topological polar surface area (TPSA) is 38.5 Å². The molecule has 0 spiro atoms. The van der Waals surface area contributed by atoms with Gasteiger partial charge in [-0.2, -0.15) is 0 Å². The molecule has 2 rings (SSSR count). The summed E-state index contributed by atoms with van der Waals surface area (Å²) < 4.78 is 18.9. The summed E-state index contributed by atoms with van der Waals surface area (Å²) in [6.07, 6.45) is 0. The first-order chi connectivity index (χ1) is 9.63. The molecular formula is C16H19FN2O. The van der Waals surface area contributed by atoms with Crippen LogP contribution in [-0.4, -0.2) is 13.2 Å². The third kappa shape index (κ3) is 3.20. The van der Waals surface area contributed by atoms with Crippen LogP contribution in [0.2, 0.25) is 0 Å². The van der Waals surface area contributed by atoms with E-state index in [1.54, 1.807) is 12.1 Å². The monoisotopic (exact) mass is 274 g/mol. The van der Waals surface area contributed by atoms with E-state index >= 15 is 0 Å². The maximum Gasteiger partial charge on any atom is 0.125 e. The average Bonchev–Trinajstić information content (AvgIpc) is 2.39. The zero-order chi connectivity index (χ0) is 14.5. The molecule has 106 valence electrons. The summed E-state index contributed by atoms with van der Waals surface area (Å²) in [5, 5.41) is 0. The van der Waals surface area contributed by atoms with Crippen molar-refractivity contribution in [2.45, 2.75) is 13.8 Å². The van der Waals surface area contributed by atoms with Crippen LogP contribution in [0.5, 0.6) is 5.75 Å². The van der Waals surface area contributed by atoms with E-state index in [1.807, 2.05) is 36.9 Å². The summed E-state index contributed by atoms with van der Waals surface area (Å²) >= 11 is 0. The Morgan fingerprint density at radius 1 is 1.10 bits per heavy atom. The maximum absolute atomic E-state index is 13.4. The number of hydrogen-bond donors (Lipinski definition) is 1. The largest absolute Gasteiger partial charge is 0.494 e. The molecule has 0 aliphatic heterocycles. The van der Waals surface area contributed by atoms with E-state index in [4.69, 9.17) is 10.5 Å². The van der Waals surface area contributed by atoms with E-state index in [1.165, 1.54) is 12.1 Å². The zero-order valence-corrected chi connectivity index (χ0v) is 11.8. The van der Waals surface area contributed by atoms with Crippen LogP contribution in [0.3, 0.4) is 0 Å². The second kappa shape index (κ2) is 6.28. The second-order valence-electron chi connectivity index (χ2n) is 4.42. The molecule has 0 bridgehead atoms. The highest BCUT2D eigenvalue weighted by Gasteiger charge is 2.10. The van der Waals surface area contributed by atoms with Crippen molar-refractivity contribution in [3.63, 3.8) is 0 Å². The molecule has 2 aromatic rings. The quantitative estimate of drug-likeness (QED) is 0.839. The molecule has 0 heterocycles. The van der Waals surface area contributed by atoms with Crippen molar-refractivity contribution in [3.8, 4) is 5.75 Å². The number of ether oxygens (including phenoxy) is 1. The lowest BCUT2D eigenvalue weighted by Crippen LogP contribution is -2.16. The standard InChI is InChI=1S/C16H19FN2O/c1-3-19(14-7-5-6-12(17)8-14)15-9-13(18)10-16(11-15)20-4-2/h5-11H,3-4,18H2,1-2H3. The molecule has 0 aliphatic rings. The number of anilines is 3. The van der Waals surface area contributed by atoms with E-state index in [2.05, 4.69) is 0 Å². The van der Waals surface area contributed by atoms with Gasteiger partial charge < -0.3 is 15.4 Å². The molecular weight excluding hydrogens is 255 g/mol. The number of hydrogen-bond acceptors (Lipinski definition) is 3. The second-order valence-corrected chi connectivity index (χ2v) is 4.42. The van der Waals surface area contributed by atoms with Gasteiger partial charge in [-0.15, -0.1) is 0 Å².